The molecule has 0 unspecified atom stereocenters. The summed E-state index contributed by atoms with van der Waals surface area (Å²) in [6.45, 7) is 3.24. The first-order chi connectivity index (χ1) is 6.44. The van der Waals surface area contributed by atoms with Crippen molar-refractivity contribution in [3.05, 3.63) is 29.6 Å². The Morgan fingerprint density at radius 2 is 2.07 bits per heavy atom. The highest BCUT2D eigenvalue weighted by atomic mass is 32.2. The summed E-state index contributed by atoms with van der Waals surface area (Å²) in [5.41, 5.74) is 0.996. The van der Waals surface area contributed by atoms with E-state index < -0.39 is 15.8 Å². The van der Waals surface area contributed by atoms with Gasteiger partial charge in [0.05, 0.1) is 11.4 Å². The van der Waals surface area contributed by atoms with Gasteiger partial charge in [0.1, 0.15) is 5.82 Å². The number of aryl methyl sites for hydroxylation is 1. The average molecular weight is 217 g/mol. The van der Waals surface area contributed by atoms with E-state index in [9.17, 15) is 12.8 Å². The first kappa shape index (κ1) is 11.0. The fourth-order valence-electron chi connectivity index (χ4n) is 0.944. The van der Waals surface area contributed by atoms with Crippen LogP contribution in [0.1, 0.15) is 12.5 Å². The third-order valence-electron chi connectivity index (χ3n) is 1.85. The molecular formula is C9H12FNO2S. The Morgan fingerprint density at radius 3 is 2.64 bits per heavy atom. The molecule has 0 bridgehead atoms. The smallest absolute Gasteiger partial charge is 0.232 e. The minimum atomic E-state index is -3.33. The van der Waals surface area contributed by atoms with Crippen molar-refractivity contribution in [2.75, 3.05) is 10.5 Å². The number of sulfonamides is 1. The van der Waals surface area contributed by atoms with E-state index in [1.54, 1.807) is 6.92 Å². The predicted octanol–water partition coefficient (Wildman–Crippen LogP) is 1.90. The summed E-state index contributed by atoms with van der Waals surface area (Å²) in [5, 5.41) is 0. The molecule has 5 heteroatoms. The van der Waals surface area contributed by atoms with Crippen molar-refractivity contribution in [1.29, 1.82) is 0 Å². The molecule has 0 amide bonds. The number of hydrogen-bond acceptors (Lipinski definition) is 2. The number of nitrogens with one attached hydrogen (secondary N) is 1. The average Bonchev–Trinajstić information content (AvgIpc) is 2.11. The fourth-order valence-corrected chi connectivity index (χ4v) is 1.64. The van der Waals surface area contributed by atoms with Gasteiger partial charge in [0, 0.05) is 0 Å². The molecular weight excluding hydrogens is 205 g/mol. The lowest BCUT2D eigenvalue weighted by Crippen LogP contribution is -2.15. The molecule has 0 spiro atoms. The van der Waals surface area contributed by atoms with E-state index in [1.165, 1.54) is 25.1 Å². The van der Waals surface area contributed by atoms with Gasteiger partial charge in [-0.05, 0) is 31.5 Å². The molecule has 0 atom stereocenters. The fraction of sp³-hybridized carbons (Fsp3) is 0.333. The minimum Gasteiger partial charge on any atom is -0.283 e. The lowest BCUT2D eigenvalue weighted by Gasteiger charge is -2.08. The molecule has 0 saturated carbocycles. The van der Waals surface area contributed by atoms with Gasteiger partial charge >= 0.3 is 0 Å². The largest absolute Gasteiger partial charge is 0.283 e. The molecule has 0 fully saturated rings. The Balaban J connectivity index is 3.03. The van der Waals surface area contributed by atoms with Gasteiger partial charge in [0.2, 0.25) is 10.0 Å². The molecule has 1 aromatic carbocycles. The summed E-state index contributed by atoms with van der Waals surface area (Å²) in [4.78, 5) is 0. The first-order valence-electron chi connectivity index (χ1n) is 4.21. The maximum Gasteiger partial charge on any atom is 0.232 e. The van der Waals surface area contributed by atoms with Crippen molar-refractivity contribution in [3.8, 4) is 0 Å². The van der Waals surface area contributed by atoms with Crippen LogP contribution in [0.15, 0.2) is 18.2 Å². The van der Waals surface area contributed by atoms with Gasteiger partial charge in [0.15, 0.2) is 0 Å². The second-order valence-electron chi connectivity index (χ2n) is 2.96. The summed E-state index contributed by atoms with van der Waals surface area (Å²) < 4.78 is 37.5. The SMILES string of the molecule is CCS(=O)(=O)Nc1cc(F)ccc1C. The molecule has 1 rings (SSSR count). The monoisotopic (exact) mass is 217 g/mol. The van der Waals surface area contributed by atoms with Crippen LogP contribution in [0.2, 0.25) is 0 Å². The van der Waals surface area contributed by atoms with Gasteiger partial charge in [-0.15, -0.1) is 0 Å². The maximum atomic E-state index is 12.8. The highest BCUT2D eigenvalue weighted by molar-refractivity contribution is 7.92. The van der Waals surface area contributed by atoms with Crippen LogP contribution in [-0.4, -0.2) is 14.2 Å². The Labute approximate surface area is 83.0 Å². The van der Waals surface area contributed by atoms with Crippen molar-refractivity contribution in [3.63, 3.8) is 0 Å². The van der Waals surface area contributed by atoms with Crippen molar-refractivity contribution in [2.24, 2.45) is 0 Å². The zero-order valence-electron chi connectivity index (χ0n) is 8.04. The third kappa shape index (κ3) is 2.70. The Morgan fingerprint density at radius 1 is 1.43 bits per heavy atom. The number of hydrogen-bond donors (Lipinski definition) is 1. The van der Waals surface area contributed by atoms with Crippen LogP contribution < -0.4 is 4.72 Å². The van der Waals surface area contributed by atoms with Crippen molar-refractivity contribution in [2.45, 2.75) is 13.8 Å². The molecule has 0 radical (unpaired) electrons. The van der Waals surface area contributed by atoms with E-state index in [-0.39, 0.29) is 5.75 Å². The third-order valence-corrected chi connectivity index (χ3v) is 3.14. The van der Waals surface area contributed by atoms with Crippen LogP contribution in [0.25, 0.3) is 0 Å². The highest BCUT2D eigenvalue weighted by Gasteiger charge is 2.08. The summed E-state index contributed by atoms with van der Waals surface area (Å²) in [5.74, 6) is -0.479. The van der Waals surface area contributed by atoms with Gasteiger partial charge in [0.25, 0.3) is 0 Å². The van der Waals surface area contributed by atoms with E-state index >= 15 is 0 Å². The van der Waals surface area contributed by atoms with Crippen LogP contribution in [0.3, 0.4) is 0 Å². The maximum absolute atomic E-state index is 12.8. The number of anilines is 1. The zero-order chi connectivity index (χ0) is 10.8. The zero-order valence-corrected chi connectivity index (χ0v) is 8.86. The molecule has 14 heavy (non-hydrogen) atoms. The second-order valence-corrected chi connectivity index (χ2v) is 4.98. The Hall–Kier alpha value is -1.10. The molecule has 0 aliphatic heterocycles. The van der Waals surface area contributed by atoms with E-state index in [4.69, 9.17) is 0 Å². The molecule has 0 saturated heterocycles. The standard InChI is InChI=1S/C9H12FNO2S/c1-3-14(12,13)11-9-6-8(10)5-4-7(9)2/h4-6,11H,3H2,1-2H3. The lowest BCUT2D eigenvalue weighted by molar-refractivity contribution is 0.602. The van der Waals surface area contributed by atoms with Crippen molar-refractivity contribution >= 4 is 15.7 Å². The van der Waals surface area contributed by atoms with Crippen LogP contribution in [0, 0.1) is 12.7 Å². The summed E-state index contributed by atoms with van der Waals surface area (Å²) in [7, 11) is -3.33. The summed E-state index contributed by atoms with van der Waals surface area (Å²) in [6.07, 6.45) is 0. The topological polar surface area (TPSA) is 46.2 Å². The summed E-state index contributed by atoms with van der Waals surface area (Å²) in [6, 6.07) is 3.99. The van der Waals surface area contributed by atoms with Crippen LogP contribution in [0.5, 0.6) is 0 Å². The number of rotatable bonds is 3. The normalized spacial score (nSPS) is 11.4. The van der Waals surface area contributed by atoms with Gasteiger partial charge in [-0.1, -0.05) is 6.07 Å². The van der Waals surface area contributed by atoms with Crippen LogP contribution in [-0.2, 0) is 10.0 Å². The van der Waals surface area contributed by atoms with Crippen LogP contribution >= 0.6 is 0 Å². The molecule has 78 valence electrons. The first-order valence-corrected chi connectivity index (χ1v) is 5.86. The molecule has 3 nitrogen and oxygen atoms in total. The highest BCUT2D eigenvalue weighted by Crippen LogP contribution is 2.17. The van der Waals surface area contributed by atoms with E-state index in [0.29, 0.717) is 11.3 Å². The van der Waals surface area contributed by atoms with Gasteiger partial charge in [-0.3, -0.25) is 4.72 Å². The molecule has 1 aromatic rings. The van der Waals surface area contributed by atoms with E-state index in [2.05, 4.69) is 4.72 Å². The quantitative estimate of drug-likeness (QED) is 0.840. The van der Waals surface area contributed by atoms with Crippen LogP contribution in [0.4, 0.5) is 10.1 Å². The second kappa shape index (κ2) is 3.96. The Bertz CT molecular complexity index is 428. The minimum absolute atomic E-state index is 0.0248. The van der Waals surface area contributed by atoms with E-state index in [1.807, 2.05) is 0 Å². The van der Waals surface area contributed by atoms with E-state index in [0.717, 1.165) is 0 Å². The lowest BCUT2D eigenvalue weighted by atomic mass is 10.2. The molecule has 0 heterocycles. The number of halogens is 1. The van der Waals surface area contributed by atoms with Gasteiger partial charge < -0.3 is 0 Å². The van der Waals surface area contributed by atoms with Gasteiger partial charge in [-0.25, -0.2) is 12.8 Å². The molecule has 0 aromatic heterocycles. The van der Waals surface area contributed by atoms with Crippen molar-refractivity contribution < 1.29 is 12.8 Å². The summed E-state index contributed by atoms with van der Waals surface area (Å²) >= 11 is 0. The van der Waals surface area contributed by atoms with Gasteiger partial charge in [-0.2, -0.15) is 0 Å². The van der Waals surface area contributed by atoms with Crippen molar-refractivity contribution in [1.82, 2.24) is 0 Å². The molecule has 1 N–H and O–H groups in total. The molecule has 0 aliphatic rings. The Kier molecular flexibility index (Phi) is 3.10. The molecule has 0 aliphatic carbocycles. The number of benzene rings is 1. The predicted molar refractivity (Wildman–Crippen MR) is 54.2 cm³/mol.